The molecule has 1 unspecified atom stereocenters. The summed E-state index contributed by atoms with van der Waals surface area (Å²) in [5.74, 6) is 0.947. The molecule has 8 heteroatoms. The van der Waals surface area contributed by atoms with E-state index in [0.29, 0.717) is 8.19 Å². The third kappa shape index (κ3) is 9.70. The van der Waals surface area contributed by atoms with Crippen LogP contribution in [0.2, 0.25) is 0 Å². The van der Waals surface area contributed by atoms with E-state index >= 15 is 0 Å². The molecule has 0 bridgehead atoms. The van der Waals surface area contributed by atoms with Crippen molar-refractivity contribution in [1.82, 2.24) is 0 Å². The third-order valence-electron chi connectivity index (χ3n) is 5.01. The SMILES string of the molecule is COc1ccccc1-c1[pH]c2ccccc2c1-c1c(C)cc(C)cc1C.[C-]#[O+].[C-]#[O+].[C-]#[O+].[C-]#[O+].[C-]#[O+].[W]. The molecule has 0 aliphatic rings. The van der Waals surface area contributed by atoms with Gasteiger partial charge < -0.3 is 4.74 Å². The molecular formula is C29H23O6PW. The fraction of sp³-hybridized carbons (Fsp3) is 0.138. The minimum atomic E-state index is 0. The molecule has 0 amide bonds. The molecular weight excluding hydrogens is 659 g/mol. The zero-order valence-electron chi connectivity index (χ0n) is 20.6. The van der Waals surface area contributed by atoms with Gasteiger partial charge in [0.05, 0.1) is 7.11 Å². The van der Waals surface area contributed by atoms with E-state index in [1.807, 2.05) is 6.07 Å². The number of para-hydroxylation sites is 1. The largest absolute Gasteiger partial charge is 0 e. The second kappa shape index (κ2) is 22.1. The van der Waals surface area contributed by atoms with Gasteiger partial charge in [-0.05, 0) is 54.0 Å². The van der Waals surface area contributed by atoms with Crippen LogP contribution in [0.15, 0.2) is 60.7 Å². The molecule has 0 spiro atoms. The summed E-state index contributed by atoms with van der Waals surface area (Å²) < 4.78 is 43.2. The van der Waals surface area contributed by atoms with Gasteiger partial charge in [0.15, 0.2) is 0 Å². The first-order chi connectivity index (χ1) is 17.6. The number of rotatable bonds is 3. The van der Waals surface area contributed by atoms with E-state index in [4.69, 9.17) is 28.0 Å². The van der Waals surface area contributed by atoms with Crippen molar-refractivity contribution < 1.29 is 49.1 Å². The van der Waals surface area contributed by atoms with Crippen LogP contribution in [0.25, 0.3) is 32.5 Å². The maximum atomic E-state index is 7.50. The van der Waals surface area contributed by atoms with E-state index in [-0.39, 0.29) is 21.1 Å². The van der Waals surface area contributed by atoms with Crippen molar-refractivity contribution in [2.24, 2.45) is 0 Å². The number of aryl methyl sites for hydroxylation is 3. The van der Waals surface area contributed by atoms with Crippen LogP contribution in [0, 0.1) is 54.0 Å². The molecule has 186 valence electrons. The molecule has 4 aromatic rings. The van der Waals surface area contributed by atoms with Crippen LogP contribution < -0.4 is 4.74 Å². The Morgan fingerprint density at radius 1 is 0.649 bits per heavy atom. The van der Waals surface area contributed by atoms with E-state index in [2.05, 4.69) is 109 Å². The first-order valence-corrected chi connectivity index (χ1v) is 10.9. The summed E-state index contributed by atoms with van der Waals surface area (Å²) in [6.07, 6.45) is 0. The minimum absolute atomic E-state index is 0. The van der Waals surface area contributed by atoms with Crippen molar-refractivity contribution >= 4 is 18.7 Å². The van der Waals surface area contributed by atoms with Crippen molar-refractivity contribution in [1.29, 1.82) is 0 Å². The molecule has 1 atom stereocenters. The first-order valence-electron chi connectivity index (χ1n) is 9.94. The number of benzene rings is 3. The smallest absolute Gasteiger partial charge is 0 e. The van der Waals surface area contributed by atoms with Gasteiger partial charge in [-0.2, -0.15) is 0 Å². The summed E-state index contributed by atoms with van der Waals surface area (Å²) >= 11 is 0. The van der Waals surface area contributed by atoms with Gasteiger partial charge >= 0.3 is 56.5 Å². The van der Waals surface area contributed by atoms with Gasteiger partial charge in [0, 0.05) is 37.5 Å². The monoisotopic (exact) mass is 682 g/mol. The maximum Gasteiger partial charge on any atom is 0 e. The Hall–Kier alpha value is -3.11. The normalized spacial score (nSPS) is 8.27. The number of ether oxygens (including phenoxy) is 1. The van der Waals surface area contributed by atoms with E-state index in [1.54, 1.807) is 7.11 Å². The zero-order chi connectivity index (χ0) is 28.3. The maximum absolute atomic E-state index is 7.50. The van der Waals surface area contributed by atoms with Crippen molar-refractivity contribution in [2.75, 3.05) is 7.11 Å². The van der Waals surface area contributed by atoms with Gasteiger partial charge in [0.25, 0.3) is 0 Å². The fourth-order valence-electron chi connectivity index (χ4n) is 4.03. The third-order valence-corrected chi connectivity index (χ3v) is 6.48. The van der Waals surface area contributed by atoms with E-state index in [0.717, 1.165) is 5.75 Å². The van der Waals surface area contributed by atoms with Crippen molar-refractivity contribution in [3.05, 3.63) is 111 Å². The van der Waals surface area contributed by atoms with Crippen LogP contribution in [0.1, 0.15) is 16.7 Å². The summed E-state index contributed by atoms with van der Waals surface area (Å²) in [5, 5.41) is 4.17. The predicted molar refractivity (Wildman–Crippen MR) is 135 cm³/mol. The summed E-state index contributed by atoms with van der Waals surface area (Å²) in [5.41, 5.74) is 7.95. The molecule has 0 fully saturated rings. The fourth-order valence-corrected chi connectivity index (χ4v) is 5.55. The molecule has 37 heavy (non-hydrogen) atoms. The minimum Gasteiger partial charge on any atom is 0 e. The molecule has 0 saturated heterocycles. The van der Waals surface area contributed by atoms with Gasteiger partial charge in [-0.3, -0.25) is 0 Å². The Labute approximate surface area is 233 Å². The Kier molecular flexibility index (Phi) is 23.0. The van der Waals surface area contributed by atoms with Crippen LogP contribution in [0.4, 0.5) is 0 Å². The first kappa shape index (κ1) is 38.4. The molecule has 3 aromatic carbocycles. The van der Waals surface area contributed by atoms with Crippen molar-refractivity contribution in [3.8, 4) is 27.7 Å². The predicted octanol–water partition coefficient (Wildman–Crippen LogP) is 6.95. The molecule has 0 aliphatic heterocycles. The summed E-state index contributed by atoms with van der Waals surface area (Å²) in [7, 11) is 2.40. The molecule has 6 nitrogen and oxygen atoms in total. The Morgan fingerprint density at radius 3 is 1.62 bits per heavy atom. The van der Waals surface area contributed by atoms with Crippen LogP contribution >= 0.6 is 8.19 Å². The number of hydrogen-bond acceptors (Lipinski definition) is 1. The van der Waals surface area contributed by atoms with Crippen molar-refractivity contribution in [3.63, 3.8) is 0 Å². The Bertz CT molecular complexity index is 1290. The van der Waals surface area contributed by atoms with Crippen LogP contribution in [0.3, 0.4) is 0 Å². The van der Waals surface area contributed by atoms with Gasteiger partial charge in [-0.15, -0.1) is 8.19 Å². The molecule has 0 aliphatic carbocycles. The molecule has 0 N–H and O–H groups in total. The molecule has 0 radical (unpaired) electrons. The van der Waals surface area contributed by atoms with Crippen molar-refractivity contribution in [2.45, 2.75) is 20.8 Å². The van der Waals surface area contributed by atoms with E-state index in [1.165, 1.54) is 49.2 Å². The summed E-state index contributed by atoms with van der Waals surface area (Å²) in [4.78, 5) is 0. The number of fused-ring (bicyclic) bond motifs is 1. The number of methoxy groups -OCH3 is 1. The zero-order valence-corrected chi connectivity index (χ0v) is 24.6. The number of hydrogen-bond donors (Lipinski definition) is 0. The summed E-state index contributed by atoms with van der Waals surface area (Å²) in [6, 6.07) is 21.8. The van der Waals surface area contributed by atoms with Gasteiger partial charge in [-0.25, -0.2) is 0 Å². The average molecular weight is 682 g/mol. The standard InChI is InChI=1S/C24H23OP.5CO.W/c1-15-13-16(2)22(17(3)14-15)23-19-10-6-8-12-21(19)26-24(23)18-9-5-7-11-20(18)25-4;5*1-2;/h5-14,26H,1-4H3;;;;;;. The van der Waals surface area contributed by atoms with Gasteiger partial charge in [0.2, 0.25) is 0 Å². The Balaban J connectivity index is -0.000000945. The second-order valence-electron chi connectivity index (χ2n) is 6.89. The molecule has 1 aromatic heterocycles. The average Bonchev–Trinajstić information content (AvgIpc) is 3.33. The Morgan fingerprint density at radius 2 is 1.11 bits per heavy atom. The van der Waals surface area contributed by atoms with E-state index < -0.39 is 0 Å². The van der Waals surface area contributed by atoms with Crippen LogP contribution in [-0.4, -0.2) is 7.11 Å². The van der Waals surface area contributed by atoms with Crippen LogP contribution in [-0.2, 0) is 44.3 Å². The summed E-state index contributed by atoms with van der Waals surface area (Å²) in [6.45, 7) is 29.1. The second-order valence-corrected chi connectivity index (χ2v) is 8.18. The molecule has 4 rings (SSSR count). The van der Waals surface area contributed by atoms with Gasteiger partial charge in [0.1, 0.15) is 5.75 Å². The molecule has 0 saturated carbocycles. The van der Waals surface area contributed by atoms with Gasteiger partial charge in [-0.1, -0.05) is 60.2 Å². The molecule has 1 heterocycles. The van der Waals surface area contributed by atoms with Crippen LogP contribution in [0.5, 0.6) is 5.75 Å². The quantitative estimate of drug-likeness (QED) is 0.169. The van der Waals surface area contributed by atoms with E-state index in [9.17, 15) is 0 Å². The topological polar surface area (TPSA) is 109 Å².